The minimum absolute atomic E-state index is 0.166. The van der Waals surface area contributed by atoms with E-state index in [1.165, 1.54) is 6.92 Å². The van der Waals surface area contributed by atoms with Crippen molar-refractivity contribution in [2.24, 2.45) is 5.10 Å². The number of hydrogen-bond donors (Lipinski definition) is 3. The number of rotatable bonds is 6. The molecule has 0 aromatic heterocycles. The van der Waals surface area contributed by atoms with Gasteiger partial charge in [0.1, 0.15) is 6.07 Å². The van der Waals surface area contributed by atoms with Crippen LogP contribution >= 0.6 is 0 Å². The van der Waals surface area contributed by atoms with Crippen LogP contribution in [-0.4, -0.2) is 17.5 Å². The molecule has 2 amide bonds. The van der Waals surface area contributed by atoms with Gasteiger partial charge in [-0.1, -0.05) is 30.3 Å². The Morgan fingerprint density at radius 1 is 1.04 bits per heavy atom. The predicted molar refractivity (Wildman–Crippen MR) is 95.7 cm³/mol. The Morgan fingerprint density at radius 3 is 2.28 bits per heavy atom. The number of nitriles is 1. The van der Waals surface area contributed by atoms with Gasteiger partial charge in [-0.3, -0.25) is 15.0 Å². The first-order valence-corrected chi connectivity index (χ1v) is 7.52. The number of amides is 2. The third-order valence-corrected chi connectivity index (χ3v) is 3.12. The van der Waals surface area contributed by atoms with Crippen LogP contribution < -0.4 is 16.1 Å². The Morgan fingerprint density at radius 2 is 1.68 bits per heavy atom. The highest BCUT2D eigenvalue weighted by Crippen LogP contribution is 2.13. The first-order valence-electron chi connectivity index (χ1n) is 7.52. The molecule has 7 nitrogen and oxygen atoms in total. The Balaban J connectivity index is 1.94. The molecule has 0 aliphatic carbocycles. The Labute approximate surface area is 145 Å². The van der Waals surface area contributed by atoms with Crippen LogP contribution in [0.15, 0.2) is 59.7 Å². The molecule has 0 saturated heterocycles. The van der Waals surface area contributed by atoms with Crippen molar-refractivity contribution < 1.29 is 9.59 Å². The highest BCUT2D eigenvalue weighted by atomic mass is 16.2. The summed E-state index contributed by atoms with van der Waals surface area (Å²) in [6.07, 6.45) is 0. The Bertz CT molecular complexity index is 808. The third kappa shape index (κ3) is 5.80. The molecule has 3 N–H and O–H groups in total. The molecular weight excluding hydrogens is 318 g/mol. The number of carbonyl (C=O) groups is 2. The summed E-state index contributed by atoms with van der Waals surface area (Å²) in [6.45, 7) is 1.73. The fraction of sp³-hybridized carbons (Fsp3) is 0.111. The van der Waals surface area contributed by atoms with Crippen LogP contribution in [0.4, 0.5) is 11.4 Å². The highest BCUT2D eigenvalue weighted by molar-refractivity contribution is 6.45. The first-order chi connectivity index (χ1) is 12.1. The maximum absolute atomic E-state index is 12.0. The van der Waals surface area contributed by atoms with Gasteiger partial charge in [0.2, 0.25) is 11.6 Å². The highest BCUT2D eigenvalue weighted by Gasteiger charge is 2.10. The topological polar surface area (TPSA) is 106 Å². The van der Waals surface area contributed by atoms with Crippen LogP contribution in [-0.2, 0) is 16.1 Å². The lowest BCUT2D eigenvalue weighted by molar-refractivity contribution is -0.115. The normalized spacial score (nSPS) is 10.5. The second-order valence-electron chi connectivity index (χ2n) is 5.11. The fourth-order valence-corrected chi connectivity index (χ4v) is 1.94. The summed E-state index contributed by atoms with van der Waals surface area (Å²) in [7, 11) is 0. The molecule has 0 heterocycles. The van der Waals surface area contributed by atoms with Crippen LogP contribution in [0.2, 0.25) is 0 Å². The molecule has 7 heteroatoms. The number of carbonyl (C=O) groups excluding carboxylic acids is 2. The zero-order valence-electron chi connectivity index (χ0n) is 13.6. The lowest BCUT2D eigenvalue weighted by Crippen LogP contribution is -2.30. The SMILES string of the molecule is CC(=O)Nc1ccc(N/N=C(\C#N)C(=O)NCc2ccccc2)cc1. The van der Waals surface area contributed by atoms with Crippen molar-refractivity contribution in [1.29, 1.82) is 5.26 Å². The van der Waals surface area contributed by atoms with Crippen molar-refractivity contribution >= 4 is 28.9 Å². The summed E-state index contributed by atoms with van der Waals surface area (Å²) in [5.74, 6) is -0.727. The minimum atomic E-state index is -0.561. The molecule has 25 heavy (non-hydrogen) atoms. The van der Waals surface area contributed by atoms with E-state index >= 15 is 0 Å². The molecule has 2 aromatic rings. The van der Waals surface area contributed by atoms with E-state index in [0.29, 0.717) is 17.9 Å². The van der Waals surface area contributed by atoms with Crippen molar-refractivity contribution in [2.45, 2.75) is 13.5 Å². The van der Waals surface area contributed by atoms with E-state index in [4.69, 9.17) is 5.26 Å². The van der Waals surface area contributed by atoms with Gasteiger partial charge in [-0.05, 0) is 29.8 Å². The predicted octanol–water partition coefficient (Wildman–Crippen LogP) is 2.25. The number of nitrogens with zero attached hydrogens (tertiary/aromatic N) is 2. The molecule has 0 fully saturated rings. The maximum Gasteiger partial charge on any atom is 0.282 e. The maximum atomic E-state index is 12.0. The van der Waals surface area contributed by atoms with Crippen LogP contribution in [0.3, 0.4) is 0 Å². The number of anilines is 2. The van der Waals surface area contributed by atoms with Crippen LogP contribution in [0.1, 0.15) is 12.5 Å². The van der Waals surface area contributed by atoms with E-state index in [9.17, 15) is 9.59 Å². The third-order valence-electron chi connectivity index (χ3n) is 3.12. The van der Waals surface area contributed by atoms with Gasteiger partial charge in [0.05, 0.1) is 5.69 Å². The first kappa shape index (κ1) is 17.7. The molecule has 0 radical (unpaired) electrons. The van der Waals surface area contributed by atoms with Gasteiger partial charge >= 0.3 is 0 Å². The van der Waals surface area contributed by atoms with Gasteiger partial charge in [-0.25, -0.2) is 0 Å². The van der Waals surface area contributed by atoms with Crippen molar-refractivity contribution in [3.63, 3.8) is 0 Å². The van der Waals surface area contributed by atoms with Gasteiger partial charge in [0.15, 0.2) is 0 Å². The van der Waals surface area contributed by atoms with Crippen LogP contribution in [0.5, 0.6) is 0 Å². The summed E-state index contributed by atoms with van der Waals surface area (Å²) in [5.41, 5.74) is 4.52. The molecule has 0 aliphatic rings. The molecule has 0 atom stereocenters. The van der Waals surface area contributed by atoms with Gasteiger partial charge in [0, 0.05) is 19.2 Å². The molecule has 126 valence electrons. The zero-order valence-corrected chi connectivity index (χ0v) is 13.6. The van der Waals surface area contributed by atoms with Gasteiger partial charge in [-0.2, -0.15) is 10.4 Å². The summed E-state index contributed by atoms with van der Waals surface area (Å²) in [6, 6.07) is 17.8. The molecule has 0 bridgehead atoms. The van der Waals surface area contributed by atoms with Crippen LogP contribution in [0.25, 0.3) is 0 Å². The molecule has 0 spiro atoms. The molecule has 2 rings (SSSR count). The zero-order chi connectivity index (χ0) is 18.1. The van der Waals surface area contributed by atoms with Crippen molar-refractivity contribution in [3.05, 3.63) is 60.2 Å². The molecular formula is C18H17N5O2. The number of hydrogen-bond acceptors (Lipinski definition) is 5. The fourth-order valence-electron chi connectivity index (χ4n) is 1.94. The summed E-state index contributed by atoms with van der Waals surface area (Å²) >= 11 is 0. The van der Waals surface area contributed by atoms with Crippen molar-refractivity contribution in [2.75, 3.05) is 10.7 Å². The quantitative estimate of drug-likeness (QED) is 0.556. The van der Waals surface area contributed by atoms with Gasteiger partial charge < -0.3 is 10.6 Å². The van der Waals surface area contributed by atoms with E-state index < -0.39 is 5.91 Å². The average molecular weight is 335 g/mol. The molecule has 0 saturated carbocycles. The monoisotopic (exact) mass is 335 g/mol. The van der Waals surface area contributed by atoms with E-state index in [1.54, 1.807) is 30.3 Å². The molecule has 0 unspecified atom stereocenters. The van der Waals surface area contributed by atoms with Crippen molar-refractivity contribution in [3.8, 4) is 6.07 Å². The van der Waals surface area contributed by atoms with E-state index in [1.807, 2.05) is 30.3 Å². The van der Waals surface area contributed by atoms with E-state index in [-0.39, 0.29) is 11.6 Å². The lowest BCUT2D eigenvalue weighted by Gasteiger charge is -2.06. The average Bonchev–Trinajstić information content (AvgIpc) is 2.62. The second-order valence-corrected chi connectivity index (χ2v) is 5.11. The largest absolute Gasteiger partial charge is 0.346 e. The van der Waals surface area contributed by atoms with Crippen molar-refractivity contribution in [1.82, 2.24) is 5.32 Å². The van der Waals surface area contributed by atoms with E-state index in [0.717, 1.165) is 5.56 Å². The minimum Gasteiger partial charge on any atom is -0.346 e. The molecule has 0 aliphatic heterocycles. The number of nitrogens with one attached hydrogen (secondary N) is 3. The number of hydrazone groups is 1. The summed E-state index contributed by atoms with van der Waals surface area (Å²) in [4.78, 5) is 23.0. The lowest BCUT2D eigenvalue weighted by atomic mass is 10.2. The molecule has 2 aromatic carbocycles. The second kappa shape index (κ2) is 8.84. The standard InChI is InChI=1S/C18H17N5O2/c1-13(24)21-15-7-9-16(10-8-15)22-23-17(11-19)18(25)20-12-14-5-3-2-4-6-14/h2-10,22H,12H2,1H3,(H,20,25)(H,21,24)/b23-17+. The van der Waals surface area contributed by atoms with Gasteiger partial charge in [0.25, 0.3) is 5.91 Å². The van der Waals surface area contributed by atoms with Gasteiger partial charge in [-0.15, -0.1) is 0 Å². The van der Waals surface area contributed by atoms with Crippen LogP contribution in [0, 0.1) is 11.3 Å². The number of benzene rings is 2. The van der Waals surface area contributed by atoms with E-state index in [2.05, 4.69) is 21.2 Å². The Kier molecular flexibility index (Phi) is 6.25. The Hall–Kier alpha value is -3.66. The smallest absolute Gasteiger partial charge is 0.282 e. The summed E-state index contributed by atoms with van der Waals surface area (Å²) in [5, 5.41) is 18.2. The summed E-state index contributed by atoms with van der Waals surface area (Å²) < 4.78 is 0.